The SMILES string of the molecule is CC1CCCCN1CCOc1ccc(C(=O)NN)cc1. The number of rotatable bonds is 5. The van der Waals surface area contributed by atoms with Gasteiger partial charge < -0.3 is 4.74 Å². The summed E-state index contributed by atoms with van der Waals surface area (Å²) in [4.78, 5) is 13.8. The van der Waals surface area contributed by atoms with Crippen LogP contribution in [0.4, 0.5) is 0 Å². The zero-order valence-corrected chi connectivity index (χ0v) is 12.0. The Bertz CT molecular complexity index is 433. The minimum absolute atomic E-state index is 0.293. The Morgan fingerprint density at radius 3 is 2.80 bits per heavy atom. The summed E-state index contributed by atoms with van der Waals surface area (Å²) in [5.74, 6) is 5.57. The number of likely N-dealkylation sites (tertiary alicyclic amines) is 1. The Morgan fingerprint density at radius 2 is 2.15 bits per heavy atom. The molecule has 1 heterocycles. The van der Waals surface area contributed by atoms with Gasteiger partial charge in [-0.1, -0.05) is 6.42 Å². The molecule has 1 aromatic carbocycles. The lowest BCUT2D eigenvalue weighted by molar-refractivity contribution is 0.0953. The third-order valence-corrected chi connectivity index (χ3v) is 3.84. The maximum Gasteiger partial charge on any atom is 0.265 e. The van der Waals surface area contributed by atoms with Crippen LogP contribution < -0.4 is 16.0 Å². The Morgan fingerprint density at radius 1 is 1.40 bits per heavy atom. The van der Waals surface area contributed by atoms with E-state index in [4.69, 9.17) is 10.6 Å². The lowest BCUT2D eigenvalue weighted by Gasteiger charge is -2.33. The molecule has 1 aromatic rings. The maximum absolute atomic E-state index is 11.3. The third-order valence-electron chi connectivity index (χ3n) is 3.84. The van der Waals surface area contributed by atoms with Gasteiger partial charge >= 0.3 is 0 Å². The third kappa shape index (κ3) is 3.95. The predicted octanol–water partition coefficient (Wildman–Crippen LogP) is 1.54. The Labute approximate surface area is 120 Å². The smallest absolute Gasteiger partial charge is 0.265 e. The van der Waals surface area contributed by atoms with E-state index in [1.165, 1.54) is 25.8 Å². The quantitative estimate of drug-likeness (QED) is 0.487. The highest BCUT2D eigenvalue weighted by atomic mass is 16.5. The van der Waals surface area contributed by atoms with Crippen molar-refractivity contribution in [2.24, 2.45) is 5.84 Å². The Kier molecular flexibility index (Phi) is 5.38. The second-order valence-electron chi connectivity index (χ2n) is 5.23. The minimum atomic E-state index is -0.293. The fraction of sp³-hybridized carbons (Fsp3) is 0.533. The molecule has 0 bridgehead atoms. The number of hydrazine groups is 1. The van der Waals surface area contributed by atoms with Crippen LogP contribution in [-0.4, -0.2) is 36.5 Å². The van der Waals surface area contributed by atoms with Crippen molar-refractivity contribution in [1.82, 2.24) is 10.3 Å². The molecule has 1 fully saturated rings. The molecule has 1 unspecified atom stereocenters. The normalized spacial score (nSPS) is 19.6. The molecule has 0 radical (unpaired) electrons. The molecule has 1 saturated heterocycles. The molecular formula is C15H23N3O2. The highest BCUT2D eigenvalue weighted by Gasteiger charge is 2.17. The van der Waals surface area contributed by atoms with Gasteiger partial charge in [0.05, 0.1) is 0 Å². The van der Waals surface area contributed by atoms with Crippen molar-refractivity contribution < 1.29 is 9.53 Å². The van der Waals surface area contributed by atoms with Crippen molar-refractivity contribution in [3.05, 3.63) is 29.8 Å². The molecule has 1 amide bonds. The first-order valence-electron chi connectivity index (χ1n) is 7.18. The van der Waals surface area contributed by atoms with Gasteiger partial charge in [-0.15, -0.1) is 0 Å². The first kappa shape index (κ1) is 14.8. The fourth-order valence-corrected chi connectivity index (χ4v) is 2.56. The second kappa shape index (κ2) is 7.26. The molecule has 1 atom stereocenters. The number of piperidine rings is 1. The van der Waals surface area contributed by atoms with Crippen molar-refractivity contribution >= 4 is 5.91 Å². The van der Waals surface area contributed by atoms with Crippen LogP contribution in [0.15, 0.2) is 24.3 Å². The minimum Gasteiger partial charge on any atom is -0.492 e. The van der Waals surface area contributed by atoms with Crippen LogP contribution in [0.3, 0.4) is 0 Å². The van der Waals surface area contributed by atoms with Crippen LogP contribution in [0.2, 0.25) is 0 Å². The molecule has 110 valence electrons. The van der Waals surface area contributed by atoms with Gasteiger partial charge in [-0.2, -0.15) is 0 Å². The van der Waals surface area contributed by atoms with Gasteiger partial charge in [0.25, 0.3) is 5.91 Å². The number of hydrogen-bond acceptors (Lipinski definition) is 4. The summed E-state index contributed by atoms with van der Waals surface area (Å²) in [6.45, 7) is 5.07. The standard InChI is InChI=1S/C15H23N3O2/c1-12-4-2-3-9-18(12)10-11-20-14-7-5-13(6-8-14)15(19)17-16/h5-8,12H,2-4,9-11,16H2,1H3,(H,17,19). The summed E-state index contributed by atoms with van der Waals surface area (Å²) in [6.07, 6.45) is 3.90. The van der Waals surface area contributed by atoms with E-state index in [2.05, 4.69) is 17.2 Å². The number of nitrogens with two attached hydrogens (primary N) is 1. The molecule has 20 heavy (non-hydrogen) atoms. The van der Waals surface area contributed by atoms with E-state index < -0.39 is 0 Å². The average molecular weight is 277 g/mol. The highest BCUT2D eigenvalue weighted by Crippen LogP contribution is 2.16. The molecule has 0 spiro atoms. The topological polar surface area (TPSA) is 67.6 Å². The largest absolute Gasteiger partial charge is 0.492 e. The molecule has 1 aliphatic heterocycles. The lowest BCUT2D eigenvalue weighted by Crippen LogP contribution is -2.39. The van der Waals surface area contributed by atoms with Gasteiger partial charge in [-0.25, -0.2) is 5.84 Å². The number of nitrogens with zero attached hydrogens (tertiary/aromatic N) is 1. The van der Waals surface area contributed by atoms with Crippen molar-refractivity contribution in [3.63, 3.8) is 0 Å². The summed E-state index contributed by atoms with van der Waals surface area (Å²) < 4.78 is 5.72. The molecular weight excluding hydrogens is 254 g/mol. The first-order valence-corrected chi connectivity index (χ1v) is 7.18. The summed E-state index contributed by atoms with van der Waals surface area (Å²) >= 11 is 0. The van der Waals surface area contributed by atoms with Gasteiger partial charge in [0.15, 0.2) is 0 Å². The van der Waals surface area contributed by atoms with Gasteiger partial charge in [0.1, 0.15) is 12.4 Å². The van der Waals surface area contributed by atoms with E-state index in [0.717, 1.165) is 12.3 Å². The number of carbonyl (C=O) groups is 1. The maximum atomic E-state index is 11.3. The van der Waals surface area contributed by atoms with Crippen molar-refractivity contribution in [2.45, 2.75) is 32.2 Å². The summed E-state index contributed by atoms with van der Waals surface area (Å²) in [6, 6.07) is 7.67. The number of ether oxygens (including phenoxy) is 1. The molecule has 5 heteroatoms. The predicted molar refractivity (Wildman–Crippen MR) is 78.5 cm³/mol. The van der Waals surface area contributed by atoms with Crippen LogP contribution in [0, 0.1) is 0 Å². The molecule has 0 aromatic heterocycles. The molecule has 3 N–H and O–H groups in total. The van der Waals surface area contributed by atoms with E-state index in [9.17, 15) is 4.79 Å². The van der Waals surface area contributed by atoms with Crippen molar-refractivity contribution in [1.29, 1.82) is 0 Å². The van der Waals surface area contributed by atoms with Crippen molar-refractivity contribution in [3.8, 4) is 5.75 Å². The summed E-state index contributed by atoms with van der Waals surface area (Å²) in [5, 5.41) is 0. The molecule has 2 rings (SSSR count). The Hall–Kier alpha value is -1.59. The van der Waals surface area contributed by atoms with E-state index in [-0.39, 0.29) is 5.91 Å². The number of nitrogen functional groups attached to an aromatic ring is 1. The second-order valence-corrected chi connectivity index (χ2v) is 5.23. The number of benzene rings is 1. The van der Waals surface area contributed by atoms with E-state index >= 15 is 0 Å². The van der Waals surface area contributed by atoms with Crippen molar-refractivity contribution in [2.75, 3.05) is 19.7 Å². The average Bonchev–Trinajstić information content (AvgIpc) is 2.49. The number of hydrogen-bond donors (Lipinski definition) is 2. The highest BCUT2D eigenvalue weighted by molar-refractivity contribution is 5.93. The molecule has 5 nitrogen and oxygen atoms in total. The number of nitrogens with one attached hydrogen (secondary N) is 1. The zero-order chi connectivity index (χ0) is 14.4. The van der Waals surface area contributed by atoms with Crippen LogP contribution in [0.25, 0.3) is 0 Å². The first-order chi connectivity index (χ1) is 9.70. The van der Waals surface area contributed by atoms with Gasteiger partial charge in [-0.05, 0) is 50.6 Å². The number of amides is 1. The summed E-state index contributed by atoms with van der Waals surface area (Å²) in [7, 11) is 0. The van der Waals surface area contributed by atoms with E-state index in [1.807, 2.05) is 0 Å². The monoisotopic (exact) mass is 277 g/mol. The van der Waals surface area contributed by atoms with Gasteiger partial charge in [0, 0.05) is 18.2 Å². The molecule has 1 aliphatic rings. The van der Waals surface area contributed by atoms with Gasteiger partial charge in [0.2, 0.25) is 0 Å². The van der Waals surface area contributed by atoms with E-state index in [0.29, 0.717) is 18.2 Å². The molecule has 0 saturated carbocycles. The zero-order valence-electron chi connectivity index (χ0n) is 12.0. The van der Waals surface area contributed by atoms with Crippen LogP contribution in [0.5, 0.6) is 5.75 Å². The molecule has 0 aliphatic carbocycles. The lowest BCUT2D eigenvalue weighted by atomic mass is 10.0. The summed E-state index contributed by atoms with van der Waals surface area (Å²) in [5.41, 5.74) is 2.64. The van der Waals surface area contributed by atoms with Crippen LogP contribution >= 0.6 is 0 Å². The van der Waals surface area contributed by atoms with E-state index in [1.54, 1.807) is 24.3 Å². The fourth-order valence-electron chi connectivity index (χ4n) is 2.56. The Balaban J connectivity index is 1.77. The van der Waals surface area contributed by atoms with Gasteiger partial charge in [-0.3, -0.25) is 15.1 Å². The van der Waals surface area contributed by atoms with Crippen LogP contribution in [-0.2, 0) is 0 Å². The number of carbonyl (C=O) groups excluding carboxylic acids is 1. The van der Waals surface area contributed by atoms with Crippen LogP contribution in [0.1, 0.15) is 36.5 Å².